The number of aliphatic hydroxyl groups excluding tert-OH is 1. The highest BCUT2D eigenvalue weighted by Crippen LogP contribution is 2.25. The summed E-state index contributed by atoms with van der Waals surface area (Å²) in [6.45, 7) is 0. The molecule has 1 N–H and O–H groups in total. The third-order valence-corrected chi connectivity index (χ3v) is 1.89. The van der Waals surface area contributed by atoms with Crippen LogP contribution in [0.1, 0.15) is 19.3 Å². The minimum atomic E-state index is -0.131. The van der Waals surface area contributed by atoms with Gasteiger partial charge in [0.05, 0.1) is 12.2 Å². The first-order chi connectivity index (χ1) is 4.83. The van der Waals surface area contributed by atoms with Crippen molar-refractivity contribution >= 4 is 0 Å². The average Bonchev–Trinajstić information content (AvgIpc) is 2.31. The van der Waals surface area contributed by atoms with Crippen LogP contribution in [0.3, 0.4) is 0 Å². The van der Waals surface area contributed by atoms with Gasteiger partial charge in [0.15, 0.2) is 0 Å². The summed E-state index contributed by atoms with van der Waals surface area (Å²) >= 11 is 0. The first-order valence-corrected chi connectivity index (χ1v) is 3.57. The molecule has 0 unspecified atom stereocenters. The average molecular weight is 137 g/mol. The number of nitriles is 1. The second-order valence-corrected chi connectivity index (χ2v) is 2.72. The molecule has 0 heterocycles. The maximum absolute atomic E-state index is 9.08. The Kier molecular flexibility index (Phi) is 2.47. The van der Waals surface area contributed by atoms with Crippen LogP contribution in [0.25, 0.3) is 0 Å². The van der Waals surface area contributed by atoms with Crippen molar-refractivity contribution in [3.8, 4) is 6.07 Å². The Labute approximate surface area is 60.8 Å². The zero-order valence-electron chi connectivity index (χ0n) is 5.83. The van der Waals surface area contributed by atoms with Crippen molar-refractivity contribution < 1.29 is 5.11 Å². The molecule has 0 aromatic rings. The number of hydrogen-bond donors (Lipinski definition) is 1. The van der Waals surface area contributed by atoms with Crippen molar-refractivity contribution in [2.24, 2.45) is 5.92 Å². The van der Waals surface area contributed by atoms with E-state index >= 15 is 0 Å². The lowest BCUT2D eigenvalue weighted by atomic mass is 10.1. The van der Waals surface area contributed by atoms with Crippen molar-refractivity contribution in [1.29, 1.82) is 5.26 Å². The zero-order valence-corrected chi connectivity index (χ0v) is 5.83. The molecule has 1 rings (SSSR count). The predicted molar refractivity (Wildman–Crippen MR) is 38.1 cm³/mol. The number of hydrogen-bond acceptors (Lipinski definition) is 2. The fourth-order valence-corrected chi connectivity index (χ4v) is 1.35. The summed E-state index contributed by atoms with van der Waals surface area (Å²) in [7, 11) is 0. The molecule has 1 saturated carbocycles. The van der Waals surface area contributed by atoms with Crippen LogP contribution in [0.2, 0.25) is 0 Å². The number of aliphatic hydroxyl groups is 1. The van der Waals surface area contributed by atoms with E-state index in [2.05, 4.69) is 0 Å². The summed E-state index contributed by atoms with van der Waals surface area (Å²) in [5.74, 6) is 0.439. The molecule has 0 radical (unpaired) electrons. The number of nitrogens with zero attached hydrogens (tertiary/aromatic N) is 1. The standard InChI is InChI=1S/C8H11NO/c9-5-1-2-7-3-4-8(10)6-7/h1-2,7-8,10H,3-4,6H2/b2-1-/t7-,8+/m0/s1. The van der Waals surface area contributed by atoms with E-state index in [1.807, 2.05) is 12.1 Å². The van der Waals surface area contributed by atoms with Crippen LogP contribution in [-0.2, 0) is 0 Å². The highest BCUT2D eigenvalue weighted by Gasteiger charge is 2.19. The van der Waals surface area contributed by atoms with Gasteiger partial charge in [0.25, 0.3) is 0 Å². The Hall–Kier alpha value is -0.810. The summed E-state index contributed by atoms with van der Waals surface area (Å²) in [6.07, 6.45) is 6.00. The lowest BCUT2D eigenvalue weighted by molar-refractivity contribution is 0.180. The Balaban J connectivity index is 2.33. The molecule has 0 saturated heterocycles. The maximum Gasteiger partial charge on any atom is 0.0908 e. The molecule has 0 aromatic carbocycles. The molecule has 54 valence electrons. The SMILES string of the molecule is N#C/C=C\[C@H]1CC[C@@H](O)C1. The smallest absolute Gasteiger partial charge is 0.0908 e. The molecule has 2 heteroatoms. The van der Waals surface area contributed by atoms with Crippen LogP contribution in [0.5, 0.6) is 0 Å². The van der Waals surface area contributed by atoms with E-state index in [0.717, 1.165) is 19.3 Å². The molecule has 1 fully saturated rings. The molecule has 0 bridgehead atoms. The van der Waals surface area contributed by atoms with Crippen LogP contribution in [-0.4, -0.2) is 11.2 Å². The molecule has 2 atom stereocenters. The highest BCUT2D eigenvalue weighted by molar-refractivity contribution is 5.05. The second kappa shape index (κ2) is 3.38. The summed E-state index contributed by atoms with van der Waals surface area (Å²) in [5.41, 5.74) is 0. The number of rotatable bonds is 1. The van der Waals surface area contributed by atoms with Gasteiger partial charge in [0, 0.05) is 6.08 Å². The van der Waals surface area contributed by atoms with Gasteiger partial charge in [-0.2, -0.15) is 5.26 Å². The van der Waals surface area contributed by atoms with E-state index in [-0.39, 0.29) is 6.10 Å². The normalized spacial score (nSPS) is 32.8. The maximum atomic E-state index is 9.08. The van der Waals surface area contributed by atoms with E-state index in [4.69, 9.17) is 10.4 Å². The van der Waals surface area contributed by atoms with Crippen LogP contribution in [0.15, 0.2) is 12.2 Å². The van der Waals surface area contributed by atoms with Crippen molar-refractivity contribution in [1.82, 2.24) is 0 Å². The summed E-state index contributed by atoms with van der Waals surface area (Å²) < 4.78 is 0. The first kappa shape index (κ1) is 7.30. The lowest BCUT2D eigenvalue weighted by Gasteiger charge is -1.98. The largest absolute Gasteiger partial charge is 0.393 e. The van der Waals surface area contributed by atoms with Crippen LogP contribution in [0.4, 0.5) is 0 Å². The predicted octanol–water partition coefficient (Wildman–Crippen LogP) is 1.23. The van der Waals surface area contributed by atoms with Crippen LogP contribution < -0.4 is 0 Å². The molecular formula is C8H11NO. The summed E-state index contributed by atoms with van der Waals surface area (Å²) in [4.78, 5) is 0. The van der Waals surface area contributed by atoms with Gasteiger partial charge in [-0.25, -0.2) is 0 Å². The lowest BCUT2D eigenvalue weighted by Crippen LogP contribution is -1.97. The van der Waals surface area contributed by atoms with Crippen molar-refractivity contribution in [3.63, 3.8) is 0 Å². The summed E-state index contributed by atoms with van der Waals surface area (Å²) in [5, 5.41) is 17.3. The van der Waals surface area contributed by atoms with Gasteiger partial charge in [-0.05, 0) is 25.2 Å². The molecular weight excluding hydrogens is 126 g/mol. The molecule has 2 nitrogen and oxygen atoms in total. The number of allylic oxidation sites excluding steroid dienone is 2. The van der Waals surface area contributed by atoms with Gasteiger partial charge < -0.3 is 5.11 Å². The van der Waals surface area contributed by atoms with E-state index in [1.54, 1.807) is 0 Å². The second-order valence-electron chi connectivity index (χ2n) is 2.72. The van der Waals surface area contributed by atoms with Gasteiger partial charge in [-0.3, -0.25) is 0 Å². The fraction of sp³-hybridized carbons (Fsp3) is 0.625. The molecule has 10 heavy (non-hydrogen) atoms. The molecule has 0 aliphatic heterocycles. The molecule has 0 amide bonds. The molecule has 0 aromatic heterocycles. The Morgan fingerprint density at radius 3 is 2.80 bits per heavy atom. The van der Waals surface area contributed by atoms with Crippen LogP contribution in [0, 0.1) is 17.2 Å². The van der Waals surface area contributed by atoms with Gasteiger partial charge >= 0.3 is 0 Å². The van der Waals surface area contributed by atoms with Crippen molar-refractivity contribution in [2.75, 3.05) is 0 Å². The van der Waals surface area contributed by atoms with E-state index in [0.29, 0.717) is 5.92 Å². The molecule has 1 aliphatic carbocycles. The zero-order chi connectivity index (χ0) is 7.40. The van der Waals surface area contributed by atoms with Crippen molar-refractivity contribution in [2.45, 2.75) is 25.4 Å². The van der Waals surface area contributed by atoms with E-state index in [9.17, 15) is 0 Å². The Morgan fingerprint density at radius 1 is 1.50 bits per heavy atom. The van der Waals surface area contributed by atoms with Gasteiger partial charge in [-0.1, -0.05) is 6.08 Å². The fourth-order valence-electron chi connectivity index (χ4n) is 1.35. The van der Waals surface area contributed by atoms with Gasteiger partial charge in [0.1, 0.15) is 0 Å². The van der Waals surface area contributed by atoms with E-state index < -0.39 is 0 Å². The first-order valence-electron chi connectivity index (χ1n) is 3.57. The topological polar surface area (TPSA) is 44.0 Å². The molecule has 1 aliphatic rings. The summed E-state index contributed by atoms with van der Waals surface area (Å²) in [6, 6.07) is 1.95. The Bertz CT molecular complexity index is 169. The van der Waals surface area contributed by atoms with Gasteiger partial charge in [-0.15, -0.1) is 0 Å². The third kappa shape index (κ3) is 1.85. The van der Waals surface area contributed by atoms with E-state index in [1.165, 1.54) is 6.08 Å². The third-order valence-electron chi connectivity index (χ3n) is 1.89. The van der Waals surface area contributed by atoms with Crippen molar-refractivity contribution in [3.05, 3.63) is 12.2 Å². The monoisotopic (exact) mass is 137 g/mol. The minimum absolute atomic E-state index is 0.131. The molecule has 0 spiro atoms. The van der Waals surface area contributed by atoms with Crippen LogP contribution >= 0.6 is 0 Å². The van der Waals surface area contributed by atoms with Gasteiger partial charge in [0.2, 0.25) is 0 Å². The Morgan fingerprint density at radius 2 is 2.30 bits per heavy atom. The highest BCUT2D eigenvalue weighted by atomic mass is 16.3. The minimum Gasteiger partial charge on any atom is -0.393 e. The quantitative estimate of drug-likeness (QED) is 0.552.